The van der Waals surface area contributed by atoms with E-state index in [4.69, 9.17) is 5.73 Å². The van der Waals surface area contributed by atoms with Gasteiger partial charge in [-0.25, -0.2) is 8.78 Å². The monoisotopic (exact) mass is 542 g/mol. The van der Waals surface area contributed by atoms with E-state index in [9.17, 15) is 23.2 Å². The molecule has 3 amide bonds. The number of nitrogens with zero attached hydrogens (tertiary/aromatic N) is 1. The average molecular weight is 543 g/mol. The molecule has 5 rings (SSSR count). The van der Waals surface area contributed by atoms with Crippen molar-refractivity contribution in [2.45, 2.75) is 26.7 Å². The number of H-pyrrole nitrogens is 1. The number of aromatic amines is 1. The van der Waals surface area contributed by atoms with Crippen molar-refractivity contribution in [1.82, 2.24) is 9.88 Å². The molecule has 0 bridgehead atoms. The van der Waals surface area contributed by atoms with Gasteiger partial charge in [-0.05, 0) is 65.9 Å². The van der Waals surface area contributed by atoms with Gasteiger partial charge in [-0.2, -0.15) is 0 Å². The molecule has 0 radical (unpaired) electrons. The Morgan fingerprint density at radius 3 is 2.40 bits per heavy atom. The predicted octanol–water partition coefficient (Wildman–Crippen LogP) is 6.07. The van der Waals surface area contributed by atoms with Gasteiger partial charge in [-0.1, -0.05) is 36.4 Å². The number of halogens is 2. The number of carbonyl (C=O) groups excluding carboxylic acids is 3. The van der Waals surface area contributed by atoms with Crippen molar-refractivity contribution in [3.63, 3.8) is 0 Å². The molecule has 9 heteroatoms. The van der Waals surface area contributed by atoms with Crippen molar-refractivity contribution in [2.75, 3.05) is 18.4 Å². The number of alkyl halides is 2. The highest BCUT2D eigenvalue weighted by molar-refractivity contribution is 6.11. The number of hydrogen-bond donors (Lipinski definition) is 3. The van der Waals surface area contributed by atoms with Gasteiger partial charge in [-0.3, -0.25) is 14.4 Å². The number of anilines is 1. The maximum Gasteiger partial charge on any atom is 0.263 e. The molecule has 1 aliphatic heterocycles. The molecular formula is C31H28F2N4O3. The summed E-state index contributed by atoms with van der Waals surface area (Å²) in [5.41, 5.74) is 11.7. The second-order valence-electron chi connectivity index (χ2n) is 9.80. The van der Waals surface area contributed by atoms with Gasteiger partial charge >= 0.3 is 0 Å². The lowest BCUT2D eigenvalue weighted by atomic mass is 9.94. The number of primary amides is 1. The molecule has 0 atom stereocenters. The van der Waals surface area contributed by atoms with E-state index in [1.807, 2.05) is 37.3 Å². The number of hydrogen-bond acceptors (Lipinski definition) is 3. The van der Waals surface area contributed by atoms with Crippen LogP contribution in [0.5, 0.6) is 0 Å². The zero-order chi connectivity index (χ0) is 28.6. The van der Waals surface area contributed by atoms with Crippen LogP contribution in [-0.2, 0) is 4.79 Å². The Morgan fingerprint density at radius 2 is 1.77 bits per heavy atom. The lowest BCUT2D eigenvalue weighted by Gasteiger charge is -2.24. The third kappa shape index (κ3) is 5.10. The van der Waals surface area contributed by atoms with Crippen LogP contribution in [0.25, 0.3) is 27.6 Å². The average Bonchev–Trinajstić information content (AvgIpc) is 3.39. The number of nitrogens with two attached hydrogens (primary N) is 1. The molecular weight excluding hydrogens is 514 g/mol. The van der Waals surface area contributed by atoms with Gasteiger partial charge in [0.2, 0.25) is 5.91 Å². The second kappa shape index (κ2) is 10.8. The van der Waals surface area contributed by atoms with Crippen molar-refractivity contribution in [1.29, 1.82) is 0 Å². The highest BCUT2D eigenvalue weighted by Crippen LogP contribution is 2.37. The van der Waals surface area contributed by atoms with E-state index in [2.05, 4.69) is 10.3 Å². The quantitative estimate of drug-likeness (QED) is 0.275. The second-order valence-corrected chi connectivity index (χ2v) is 9.80. The maximum absolute atomic E-state index is 12.9. The summed E-state index contributed by atoms with van der Waals surface area (Å²) in [6, 6.07) is 16.3. The molecule has 3 aromatic carbocycles. The summed E-state index contributed by atoms with van der Waals surface area (Å²) in [6.07, 6.45) is 0.0773. The minimum atomic E-state index is -2.60. The molecule has 0 saturated carbocycles. The number of benzene rings is 3. The summed E-state index contributed by atoms with van der Waals surface area (Å²) in [7, 11) is 0. The molecule has 1 aromatic heterocycles. The number of amides is 3. The molecule has 0 saturated heterocycles. The number of aromatic nitrogens is 1. The molecule has 1 aliphatic rings. The molecule has 204 valence electrons. The van der Waals surface area contributed by atoms with Crippen LogP contribution in [0.4, 0.5) is 14.5 Å². The van der Waals surface area contributed by atoms with Gasteiger partial charge < -0.3 is 20.9 Å². The molecule has 0 aliphatic carbocycles. The van der Waals surface area contributed by atoms with E-state index in [0.717, 1.165) is 33.3 Å². The minimum Gasteiger partial charge on any atom is -0.366 e. The van der Waals surface area contributed by atoms with Crippen LogP contribution in [0.2, 0.25) is 0 Å². The molecule has 40 heavy (non-hydrogen) atoms. The maximum atomic E-state index is 12.9. The van der Waals surface area contributed by atoms with E-state index in [0.29, 0.717) is 36.3 Å². The third-order valence-corrected chi connectivity index (χ3v) is 7.36. The van der Waals surface area contributed by atoms with Gasteiger partial charge in [0.15, 0.2) is 0 Å². The summed E-state index contributed by atoms with van der Waals surface area (Å²) in [4.78, 5) is 42.0. The van der Waals surface area contributed by atoms with Gasteiger partial charge in [0.25, 0.3) is 18.2 Å². The van der Waals surface area contributed by atoms with Crippen molar-refractivity contribution in [3.8, 4) is 11.1 Å². The van der Waals surface area contributed by atoms with E-state index in [1.54, 1.807) is 24.0 Å². The minimum absolute atomic E-state index is 0.0258. The third-order valence-electron chi connectivity index (χ3n) is 7.36. The Bertz CT molecular complexity index is 1670. The Kier molecular flexibility index (Phi) is 7.21. The summed E-state index contributed by atoms with van der Waals surface area (Å²) in [6.45, 7) is 4.56. The van der Waals surface area contributed by atoms with Gasteiger partial charge in [0.1, 0.15) is 0 Å². The number of fused-ring (bicyclic) bond motifs is 1. The van der Waals surface area contributed by atoms with Crippen LogP contribution in [0, 0.1) is 6.92 Å². The topological polar surface area (TPSA) is 108 Å². The molecule has 0 unspecified atom stereocenters. The number of carbonyl (C=O) groups is 3. The summed E-state index contributed by atoms with van der Waals surface area (Å²) in [5.74, 6) is -0.943. The fourth-order valence-corrected chi connectivity index (χ4v) is 5.07. The number of rotatable bonds is 6. The Labute approximate surface area is 229 Å². The van der Waals surface area contributed by atoms with Crippen LogP contribution in [0.3, 0.4) is 0 Å². The first kappa shape index (κ1) is 26.8. The highest BCUT2D eigenvalue weighted by Gasteiger charge is 2.21. The first-order chi connectivity index (χ1) is 19.1. The largest absolute Gasteiger partial charge is 0.366 e. The molecule has 4 aromatic rings. The Hall–Kier alpha value is -4.79. The summed E-state index contributed by atoms with van der Waals surface area (Å²) >= 11 is 0. The molecule has 2 heterocycles. The van der Waals surface area contributed by atoms with E-state index < -0.39 is 18.2 Å². The lowest BCUT2D eigenvalue weighted by Crippen LogP contribution is -2.32. The first-order valence-corrected chi connectivity index (χ1v) is 12.8. The summed E-state index contributed by atoms with van der Waals surface area (Å²) < 4.78 is 25.8. The van der Waals surface area contributed by atoms with E-state index in [1.165, 1.54) is 24.3 Å². The predicted molar refractivity (Wildman–Crippen MR) is 151 cm³/mol. The zero-order valence-electron chi connectivity index (χ0n) is 22.1. The van der Waals surface area contributed by atoms with E-state index in [-0.39, 0.29) is 17.0 Å². The van der Waals surface area contributed by atoms with Crippen LogP contribution in [-0.4, -0.2) is 40.7 Å². The molecule has 7 nitrogen and oxygen atoms in total. The van der Waals surface area contributed by atoms with Gasteiger partial charge in [-0.15, -0.1) is 0 Å². The Morgan fingerprint density at radius 1 is 1.02 bits per heavy atom. The highest BCUT2D eigenvalue weighted by atomic mass is 19.3. The van der Waals surface area contributed by atoms with Gasteiger partial charge in [0.05, 0.1) is 11.1 Å². The normalized spacial score (nSPS) is 13.4. The standard InChI is InChI=1S/C31H28F2N4O3/c1-17-22(4-3-5-26(17)36-31(40)21-8-6-20(7-9-21)29(32)33)23-10-11-24(30(34)39)28-25(23)16-27(35-28)19-12-14-37(15-13-19)18(2)38/h3-12,16,29,35H,13-15H2,1-2H3,(H2,34,39)(H,36,40). The van der Waals surface area contributed by atoms with Gasteiger partial charge in [0, 0.05) is 47.9 Å². The zero-order valence-corrected chi connectivity index (χ0v) is 22.1. The number of nitrogens with one attached hydrogen (secondary N) is 2. The lowest BCUT2D eigenvalue weighted by molar-refractivity contribution is -0.128. The summed E-state index contributed by atoms with van der Waals surface area (Å²) in [5, 5.41) is 3.68. The fraction of sp³-hybridized carbons (Fsp3) is 0.194. The van der Waals surface area contributed by atoms with E-state index >= 15 is 0 Å². The van der Waals surface area contributed by atoms with Crippen molar-refractivity contribution in [3.05, 3.63) is 94.7 Å². The first-order valence-electron chi connectivity index (χ1n) is 12.8. The Balaban J connectivity index is 1.52. The van der Waals surface area contributed by atoms with Crippen LogP contribution in [0.1, 0.15) is 57.3 Å². The molecule has 0 fully saturated rings. The molecule has 4 N–H and O–H groups in total. The van der Waals surface area contributed by atoms with Crippen LogP contribution < -0.4 is 11.1 Å². The van der Waals surface area contributed by atoms with Crippen molar-refractivity contribution >= 4 is 39.9 Å². The van der Waals surface area contributed by atoms with Crippen LogP contribution in [0.15, 0.2) is 66.7 Å². The van der Waals surface area contributed by atoms with Crippen molar-refractivity contribution in [2.24, 2.45) is 5.73 Å². The van der Waals surface area contributed by atoms with Crippen LogP contribution >= 0.6 is 0 Å². The fourth-order valence-electron chi connectivity index (χ4n) is 5.07. The smallest absolute Gasteiger partial charge is 0.263 e. The molecule has 0 spiro atoms. The van der Waals surface area contributed by atoms with Crippen molar-refractivity contribution < 1.29 is 23.2 Å². The SMILES string of the molecule is CC(=O)N1CC=C(c2cc3c(-c4cccc(NC(=O)c5ccc(C(F)F)cc5)c4C)ccc(C(N)=O)c3[nH]2)CC1.